The van der Waals surface area contributed by atoms with Crippen LogP contribution in [-0.4, -0.2) is 129 Å². The molecule has 15 nitrogen and oxygen atoms in total. The van der Waals surface area contributed by atoms with Crippen molar-refractivity contribution in [3.8, 4) is 17.5 Å². The molecular weight excluding hydrogens is 731 g/mol. The Morgan fingerprint density at radius 2 is 2.02 bits per heavy atom. The van der Waals surface area contributed by atoms with Crippen molar-refractivity contribution >= 4 is 62.3 Å². The summed E-state index contributed by atoms with van der Waals surface area (Å²) >= 11 is 0. The van der Waals surface area contributed by atoms with E-state index in [1.54, 1.807) is 35.1 Å². The van der Waals surface area contributed by atoms with Crippen LogP contribution in [0.5, 0.6) is 5.75 Å². The van der Waals surface area contributed by atoms with E-state index in [2.05, 4.69) is 48.0 Å². The van der Waals surface area contributed by atoms with E-state index in [-0.39, 0.29) is 74.2 Å². The van der Waals surface area contributed by atoms with Gasteiger partial charge in [0.25, 0.3) is 11.0 Å². The Morgan fingerprint density at radius 1 is 1.22 bits per heavy atom. The minimum absolute atomic E-state index is 0.0119. The number of benzene rings is 1. The van der Waals surface area contributed by atoms with E-state index in [4.69, 9.17) is 29.4 Å². The molecule has 0 bridgehead atoms. The number of nitrogens with two attached hydrogens (primary N) is 1. The van der Waals surface area contributed by atoms with Crippen LogP contribution in [0.15, 0.2) is 24.3 Å². The molecule has 0 aromatic heterocycles. The van der Waals surface area contributed by atoms with E-state index >= 15 is 0 Å². The van der Waals surface area contributed by atoms with Crippen LogP contribution in [0.4, 0.5) is 0 Å². The van der Waals surface area contributed by atoms with Crippen LogP contribution >= 0.6 is 43.2 Å². The van der Waals surface area contributed by atoms with Crippen LogP contribution in [-0.2, 0) is 28.6 Å². The second-order valence-electron chi connectivity index (χ2n) is 11.5. The second-order valence-corrected chi connectivity index (χ2v) is 17.3. The van der Waals surface area contributed by atoms with Crippen LogP contribution in [0.3, 0.4) is 0 Å². The highest BCUT2D eigenvalue weighted by atomic mass is 33.1. The minimum atomic E-state index is -0.871. The number of amides is 2. The average molecular weight is 779 g/mol. The Bertz CT molecular complexity index is 1240. The van der Waals surface area contributed by atoms with Gasteiger partial charge in [0, 0.05) is 29.4 Å². The van der Waals surface area contributed by atoms with Crippen molar-refractivity contribution < 1.29 is 48.3 Å². The zero-order valence-electron chi connectivity index (χ0n) is 28.7. The smallest absolute Gasteiger partial charge is 0.294 e. The van der Waals surface area contributed by atoms with Crippen molar-refractivity contribution in [2.45, 2.75) is 61.0 Å². The molecule has 1 aliphatic heterocycles. The molecule has 1 aromatic rings. The molecule has 1 heterocycles. The Labute approximate surface area is 309 Å². The largest absolute Gasteiger partial charge is 0.490 e. The van der Waals surface area contributed by atoms with Gasteiger partial charge in [0.05, 0.1) is 32.5 Å². The normalized spacial score (nSPS) is 18.3. The van der Waals surface area contributed by atoms with Crippen molar-refractivity contribution in [2.24, 2.45) is 5.73 Å². The third-order valence-electron chi connectivity index (χ3n) is 6.21. The van der Waals surface area contributed by atoms with Gasteiger partial charge in [0.1, 0.15) is 42.5 Å². The summed E-state index contributed by atoms with van der Waals surface area (Å²) in [5.74, 6) is 5.83. The zero-order chi connectivity index (χ0) is 36.8. The number of aliphatic hydroxyl groups is 1. The highest BCUT2D eigenvalue weighted by Crippen LogP contribution is 2.38. The zero-order valence-corrected chi connectivity index (χ0v) is 31.9. The van der Waals surface area contributed by atoms with Gasteiger partial charge in [0.15, 0.2) is 0 Å². The monoisotopic (exact) mass is 778 g/mol. The first kappa shape index (κ1) is 44.1. The van der Waals surface area contributed by atoms with Crippen LogP contribution in [0, 0.1) is 21.9 Å². The summed E-state index contributed by atoms with van der Waals surface area (Å²) in [6, 6.07) is 6.59. The molecule has 0 aliphatic carbocycles. The van der Waals surface area contributed by atoms with Crippen molar-refractivity contribution in [2.75, 3.05) is 65.5 Å². The van der Waals surface area contributed by atoms with E-state index in [1.165, 1.54) is 32.4 Å². The highest BCUT2D eigenvalue weighted by molar-refractivity contribution is 8.77. The third-order valence-corrected chi connectivity index (χ3v) is 11.6. The first-order valence-corrected chi connectivity index (χ1v) is 20.6. The molecule has 280 valence electrons. The lowest BCUT2D eigenvalue weighted by Crippen LogP contribution is -2.32. The molecular formula is C30H47BN4O11S4. The molecule has 50 heavy (non-hydrogen) atoms. The molecule has 1 aliphatic rings. The molecule has 0 radical (unpaired) electrons. The topological polar surface area (TPSA) is 203 Å². The average Bonchev–Trinajstić information content (AvgIpc) is 3.47. The van der Waals surface area contributed by atoms with Gasteiger partial charge in [-0.2, -0.15) is 5.82 Å². The first-order chi connectivity index (χ1) is 23.9. The second kappa shape index (κ2) is 25.0. The number of nitrogens with zero attached hydrogens (tertiary/aromatic N) is 1. The molecule has 2 amide bonds. The molecule has 0 saturated carbocycles. The minimum Gasteiger partial charge on any atom is -0.490 e. The van der Waals surface area contributed by atoms with Crippen LogP contribution in [0.2, 0.25) is 0 Å². The molecule has 5 atom stereocenters. The van der Waals surface area contributed by atoms with Crippen molar-refractivity contribution in [3.63, 3.8) is 0 Å². The van der Waals surface area contributed by atoms with Crippen molar-refractivity contribution in [1.29, 1.82) is 0 Å². The van der Waals surface area contributed by atoms with Crippen LogP contribution < -0.4 is 21.1 Å². The quantitative estimate of drug-likeness (QED) is 0.0225. The van der Waals surface area contributed by atoms with Gasteiger partial charge < -0.3 is 50.0 Å². The molecule has 1 saturated heterocycles. The lowest BCUT2D eigenvalue weighted by atomic mass is 9.71. The number of rotatable bonds is 24. The number of carbonyl (C=O) groups is 2. The maximum Gasteiger partial charge on any atom is 0.294 e. The fourth-order valence-corrected chi connectivity index (χ4v) is 7.74. The van der Waals surface area contributed by atoms with E-state index in [9.17, 15) is 24.8 Å². The lowest BCUT2D eigenvalue weighted by Gasteiger charge is -2.22. The maximum atomic E-state index is 12.3. The Balaban J connectivity index is 1.70. The van der Waals surface area contributed by atoms with Crippen LogP contribution in [0.1, 0.15) is 37.6 Å². The summed E-state index contributed by atoms with van der Waals surface area (Å²) in [5.41, 5.74) is 5.00. The lowest BCUT2D eigenvalue weighted by molar-refractivity contribution is -0.758. The number of nitrogens with one attached hydrogen (secondary N) is 2. The molecule has 2 unspecified atom stereocenters. The molecule has 5 N–H and O–H groups in total. The molecule has 0 spiro atoms. The summed E-state index contributed by atoms with van der Waals surface area (Å²) < 4.78 is 29.1. The molecule has 20 heteroatoms. The summed E-state index contributed by atoms with van der Waals surface area (Å²) in [7, 11) is 6.22. The Morgan fingerprint density at radius 3 is 2.72 bits per heavy atom. The first-order valence-electron chi connectivity index (χ1n) is 15.8. The fourth-order valence-electron chi connectivity index (χ4n) is 4.08. The molecule has 1 aromatic carbocycles. The number of hydrogen-bond acceptors (Lipinski definition) is 16. The van der Waals surface area contributed by atoms with E-state index in [0.29, 0.717) is 38.1 Å². The predicted octanol–water partition coefficient (Wildman–Crippen LogP) is 1.84. The number of hydrogen-bond donors (Lipinski definition) is 4. The van der Waals surface area contributed by atoms with Gasteiger partial charge in [-0.05, 0) is 30.9 Å². The predicted molar refractivity (Wildman–Crippen MR) is 200 cm³/mol. The summed E-state index contributed by atoms with van der Waals surface area (Å²) in [4.78, 5) is 39.5. The Kier molecular flexibility index (Phi) is 22.1. The highest BCUT2D eigenvalue weighted by Gasteiger charge is 2.37. The van der Waals surface area contributed by atoms with Gasteiger partial charge in [-0.25, -0.2) is 0 Å². The van der Waals surface area contributed by atoms with E-state index in [0.717, 1.165) is 0 Å². The van der Waals surface area contributed by atoms with Crippen molar-refractivity contribution in [1.82, 2.24) is 10.6 Å². The van der Waals surface area contributed by atoms with Gasteiger partial charge in [-0.1, -0.05) is 75.9 Å². The standard InChI is InChI=1S/C30H47BN4O11S4/c1-30(2,3)50-49-27(19-43-22-8-5-7-21(15-22)29(38)34-12-10-32)42-14-13-41-18-26(37)33-11-6-9-31-25-16-23(24(17-36)45-25)46-28(48-47-4)20-44-35(39)40/h5,7-8,15,23-25,27-28,31,36H,10-14,16-20,32H2,1-4H3,(H,33,37)(H,34,38)/t23-,24?,25-,27?,28-/m1/s1. The van der Waals surface area contributed by atoms with Crippen molar-refractivity contribution in [3.05, 3.63) is 39.9 Å². The molecule has 1 fully saturated rings. The fraction of sp³-hybridized carbons (Fsp3) is 0.667. The van der Waals surface area contributed by atoms with Gasteiger partial charge in [-0.15, -0.1) is 10.1 Å². The summed E-state index contributed by atoms with van der Waals surface area (Å²) in [6.45, 7) is 7.15. The molecule has 2 rings (SSSR count). The van der Waals surface area contributed by atoms with Gasteiger partial charge >= 0.3 is 0 Å². The Hall–Kier alpha value is -2.06. The number of carbonyl (C=O) groups excluding carboxylic acids is 2. The third kappa shape index (κ3) is 19.5. The van der Waals surface area contributed by atoms with E-state index < -0.39 is 22.7 Å². The van der Waals surface area contributed by atoms with Gasteiger partial charge in [0.2, 0.25) is 13.2 Å². The van der Waals surface area contributed by atoms with Gasteiger partial charge in [-0.3, -0.25) is 9.59 Å². The number of ether oxygens (including phenoxy) is 5. The van der Waals surface area contributed by atoms with E-state index in [1.807, 2.05) is 6.26 Å². The maximum absolute atomic E-state index is 12.3. The summed E-state index contributed by atoms with van der Waals surface area (Å²) in [6.07, 6.45) is 1.22. The van der Waals surface area contributed by atoms with Crippen LogP contribution in [0.25, 0.3) is 0 Å². The number of aliphatic hydroxyl groups excluding tert-OH is 1. The SMILES string of the molecule is CSS[C@H](CO[N+](=O)[O-])O[C@@H]1C[C@H](BC#CCNC(=O)COCCOC(COc2cccc(C(=O)NCCN)c2)SSC(C)(C)C)OC1CO. The summed E-state index contributed by atoms with van der Waals surface area (Å²) in [5, 5.41) is 24.8.